The van der Waals surface area contributed by atoms with Crippen LogP contribution in [-0.4, -0.2) is 47.8 Å². The van der Waals surface area contributed by atoms with Gasteiger partial charge in [0.15, 0.2) is 5.82 Å². The smallest absolute Gasteiger partial charge is 0.235 e. The number of imide groups is 1. The van der Waals surface area contributed by atoms with Crippen LogP contribution in [0.4, 0.5) is 11.5 Å². The first-order chi connectivity index (χ1) is 13.4. The third-order valence-corrected chi connectivity index (χ3v) is 6.39. The number of carbonyl (C=O) groups is 2. The summed E-state index contributed by atoms with van der Waals surface area (Å²) in [6, 6.07) is 4.30. The van der Waals surface area contributed by atoms with Gasteiger partial charge in [-0.15, -0.1) is 0 Å². The minimum atomic E-state index is -0.197. The maximum atomic E-state index is 12.4. The largest absolute Gasteiger partial charge is 0.370 e. The number of nitrogens with zero attached hydrogens (tertiary/aromatic N) is 4. The van der Waals surface area contributed by atoms with Crippen molar-refractivity contribution >= 4 is 45.8 Å². The fourth-order valence-corrected chi connectivity index (χ4v) is 4.90. The number of benzene rings is 1. The van der Waals surface area contributed by atoms with Crippen LogP contribution in [0.15, 0.2) is 12.1 Å². The van der Waals surface area contributed by atoms with Gasteiger partial charge >= 0.3 is 0 Å². The predicted octanol–water partition coefficient (Wildman–Crippen LogP) is 2.70. The molecule has 28 heavy (non-hydrogen) atoms. The van der Waals surface area contributed by atoms with E-state index in [1.165, 1.54) is 4.90 Å². The number of hydrogen-bond donors (Lipinski definition) is 1. The van der Waals surface area contributed by atoms with Crippen molar-refractivity contribution in [1.29, 1.82) is 0 Å². The number of nitrogens with one attached hydrogen (secondary N) is 1. The Morgan fingerprint density at radius 2 is 1.96 bits per heavy atom. The normalized spacial score (nSPS) is 23.5. The summed E-state index contributed by atoms with van der Waals surface area (Å²) in [7, 11) is 3.88. The lowest BCUT2D eigenvalue weighted by molar-refractivity contribution is -0.129. The lowest BCUT2D eigenvalue weighted by atomic mass is 9.93. The molecule has 7 nitrogen and oxygen atoms in total. The van der Waals surface area contributed by atoms with Crippen molar-refractivity contribution < 1.29 is 9.59 Å². The summed E-state index contributed by atoms with van der Waals surface area (Å²) in [5.74, 6) is 0.504. The maximum absolute atomic E-state index is 12.4. The van der Waals surface area contributed by atoms with Crippen molar-refractivity contribution in [1.82, 2.24) is 15.1 Å². The van der Waals surface area contributed by atoms with E-state index in [2.05, 4.69) is 29.3 Å². The molecule has 0 aliphatic carbocycles. The van der Waals surface area contributed by atoms with Crippen LogP contribution in [0.5, 0.6) is 0 Å². The molecule has 2 amide bonds. The topological polar surface area (TPSA) is 70.5 Å². The molecule has 0 bridgehead atoms. The molecule has 2 atom stereocenters. The predicted molar refractivity (Wildman–Crippen MR) is 111 cm³/mol. The van der Waals surface area contributed by atoms with Gasteiger partial charge in [0.05, 0.1) is 16.2 Å². The molecule has 4 rings (SSSR count). The van der Waals surface area contributed by atoms with Crippen LogP contribution >= 0.6 is 11.6 Å². The van der Waals surface area contributed by atoms with E-state index < -0.39 is 0 Å². The SMILES string of the molecule is C[C@@H]1CNCC[C@H]1N(C)c1ccc2c(N3C(=O)CCCC3=O)nn(C)c2c1Cl. The number of rotatable bonds is 3. The van der Waals surface area contributed by atoms with Gasteiger partial charge in [0, 0.05) is 38.4 Å². The molecular weight excluding hydrogens is 378 g/mol. The summed E-state index contributed by atoms with van der Waals surface area (Å²) >= 11 is 6.83. The van der Waals surface area contributed by atoms with E-state index in [4.69, 9.17) is 11.6 Å². The van der Waals surface area contributed by atoms with E-state index in [-0.39, 0.29) is 11.8 Å². The third-order valence-electron chi connectivity index (χ3n) is 6.01. The van der Waals surface area contributed by atoms with Gasteiger partial charge in [-0.1, -0.05) is 18.5 Å². The van der Waals surface area contributed by atoms with Crippen LogP contribution in [0.25, 0.3) is 10.9 Å². The Bertz CT molecular complexity index is 924. The summed E-state index contributed by atoms with van der Waals surface area (Å²) in [6.45, 7) is 4.23. The van der Waals surface area contributed by atoms with Gasteiger partial charge in [-0.05, 0) is 44.0 Å². The zero-order valence-electron chi connectivity index (χ0n) is 16.5. The molecule has 1 N–H and O–H groups in total. The maximum Gasteiger partial charge on any atom is 0.235 e. The fourth-order valence-electron chi connectivity index (χ4n) is 4.48. The molecule has 0 unspecified atom stereocenters. The summed E-state index contributed by atoms with van der Waals surface area (Å²) in [5.41, 5.74) is 1.69. The van der Waals surface area contributed by atoms with Crippen molar-refractivity contribution in [3.05, 3.63) is 17.2 Å². The minimum absolute atomic E-state index is 0.197. The van der Waals surface area contributed by atoms with Crippen LogP contribution < -0.4 is 15.1 Å². The van der Waals surface area contributed by atoms with E-state index in [1.807, 2.05) is 12.1 Å². The van der Waals surface area contributed by atoms with E-state index in [0.717, 1.165) is 36.1 Å². The lowest BCUT2D eigenvalue weighted by Crippen LogP contribution is -2.47. The van der Waals surface area contributed by atoms with Gasteiger partial charge in [-0.2, -0.15) is 5.10 Å². The van der Waals surface area contributed by atoms with Gasteiger partial charge in [0.2, 0.25) is 11.8 Å². The number of halogens is 1. The first-order valence-electron chi connectivity index (χ1n) is 9.84. The number of amides is 2. The van der Waals surface area contributed by atoms with Crippen LogP contribution in [0.1, 0.15) is 32.6 Å². The van der Waals surface area contributed by atoms with Crippen molar-refractivity contribution in [2.75, 3.05) is 29.9 Å². The second-order valence-corrected chi connectivity index (χ2v) is 8.24. The summed E-state index contributed by atoms with van der Waals surface area (Å²) in [6.07, 6.45) is 2.39. The Balaban J connectivity index is 1.77. The average molecular weight is 404 g/mol. The second kappa shape index (κ2) is 7.37. The number of carbonyl (C=O) groups excluding carboxylic acids is 2. The van der Waals surface area contributed by atoms with Crippen LogP contribution in [0, 0.1) is 5.92 Å². The standard InChI is InChI=1S/C20H26ClN5O2/c1-12-11-22-10-9-14(12)24(2)15-8-7-13-19(18(15)21)25(3)23-20(13)26-16(27)5-4-6-17(26)28/h7-8,12,14,22H,4-6,9-11H2,1-3H3/t12-,14-/m1/s1. The molecule has 0 saturated carbocycles. The molecule has 0 spiro atoms. The molecule has 3 heterocycles. The van der Waals surface area contributed by atoms with Crippen LogP contribution in [0.2, 0.25) is 5.02 Å². The molecule has 2 fully saturated rings. The van der Waals surface area contributed by atoms with Crippen molar-refractivity contribution in [3.8, 4) is 0 Å². The Kier molecular flexibility index (Phi) is 5.05. The molecule has 2 saturated heterocycles. The Morgan fingerprint density at radius 3 is 2.64 bits per heavy atom. The minimum Gasteiger partial charge on any atom is -0.370 e. The van der Waals surface area contributed by atoms with Crippen molar-refractivity contribution in [2.24, 2.45) is 13.0 Å². The highest BCUT2D eigenvalue weighted by Crippen LogP contribution is 2.39. The molecule has 150 valence electrons. The third kappa shape index (κ3) is 3.06. The molecule has 2 aliphatic heterocycles. The highest BCUT2D eigenvalue weighted by molar-refractivity contribution is 6.38. The first-order valence-corrected chi connectivity index (χ1v) is 10.2. The molecule has 1 aromatic carbocycles. The summed E-state index contributed by atoms with van der Waals surface area (Å²) < 4.78 is 1.67. The van der Waals surface area contributed by atoms with Gasteiger partial charge in [-0.3, -0.25) is 14.3 Å². The number of hydrogen-bond acceptors (Lipinski definition) is 5. The van der Waals surface area contributed by atoms with Gasteiger partial charge in [0.1, 0.15) is 0 Å². The van der Waals surface area contributed by atoms with Crippen molar-refractivity contribution in [3.63, 3.8) is 0 Å². The van der Waals surface area contributed by atoms with E-state index in [0.29, 0.717) is 42.1 Å². The average Bonchev–Trinajstić information content (AvgIpc) is 2.99. The molecule has 8 heteroatoms. The van der Waals surface area contributed by atoms with Crippen LogP contribution in [-0.2, 0) is 16.6 Å². The fraction of sp³-hybridized carbons (Fsp3) is 0.550. The Hall–Kier alpha value is -2.12. The van der Waals surface area contributed by atoms with E-state index in [1.54, 1.807) is 11.7 Å². The molecule has 2 aromatic rings. The van der Waals surface area contributed by atoms with Gasteiger partial charge < -0.3 is 10.2 Å². The first kappa shape index (κ1) is 19.2. The Morgan fingerprint density at radius 1 is 1.25 bits per heavy atom. The monoisotopic (exact) mass is 403 g/mol. The van der Waals surface area contributed by atoms with E-state index in [9.17, 15) is 9.59 Å². The number of aromatic nitrogens is 2. The van der Waals surface area contributed by atoms with Crippen LogP contribution in [0.3, 0.4) is 0 Å². The number of aryl methyl sites for hydroxylation is 1. The van der Waals surface area contributed by atoms with Gasteiger partial charge in [0.25, 0.3) is 0 Å². The highest BCUT2D eigenvalue weighted by atomic mass is 35.5. The number of anilines is 2. The molecule has 2 aliphatic rings. The zero-order chi connectivity index (χ0) is 20.0. The summed E-state index contributed by atoms with van der Waals surface area (Å²) in [4.78, 5) is 28.2. The number of piperidine rings is 2. The molecular formula is C20H26ClN5O2. The van der Waals surface area contributed by atoms with Crippen molar-refractivity contribution in [2.45, 2.75) is 38.6 Å². The zero-order valence-corrected chi connectivity index (χ0v) is 17.3. The molecule has 0 radical (unpaired) electrons. The second-order valence-electron chi connectivity index (χ2n) is 7.87. The summed E-state index contributed by atoms with van der Waals surface area (Å²) in [5, 5.41) is 9.25. The Labute approximate surface area is 169 Å². The highest BCUT2D eigenvalue weighted by Gasteiger charge is 2.32. The quantitative estimate of drug-likeness (QED) is 0.798. The molecule has 1 aromatic heterocycles. The lowest BCUT2D eigenvalue weighted by Gasteiger charge is -2.38. The van der Waals surface area contributed by atoms with E-state index >= 15 is 0 Å². The number of fused-ring (bicyclic) bond motifs is 1. The van der Waals surface area contributed by atoms with Gasteiger partial charge in [-0.25, -0.2) is 4.90 Å².